The second-order valence-corrected chi connectivity index (χ2v) is 6.46. The molecule has 0 aliphatic carbocycles. The van der Waals surface area contributed by atoms with Gasteiger partial charge in [-0.2, -0.15) is 0 Å². The van der Waals surface area contributed by atoms with Gasteiger partial charge in [0.2, 0.25) is 0 Å². The third kappa shape index (κ3) is 4.04. The monoisotopic (exact) mass is 335 g/mol. The summed E-state index contributed by atoms with van der Waals surface area (Å²) in [5.74, 6) is 2.59. The minimum atomic E-state index is 0.205. The summed E-state index contributed by atoms with van der Waals surface area (Å²) in [5, 5.41) is 9.72. The molecule has 1 aromatic heterocycles. The van der Waals surface area contributed by atoms with Crippen molar-refractivity contribution in [3.63, 3.8) is 0 Å². The van der Waals surface area contributed by atoms with E-state index in [1.165, 1.54) is 0 Å². The normalized spacial score (nSPS) is 12.6. The van der Waals surface area contributed by atoms with Crippen molar-refractivity contribution in [1.29, 1.82) is 0 Å². The molecule has 0 bridgehead atoms. The van der Waals surface area contributed by atoms with Gasteiger partial charge in [-0.05, 0) is 44.8 Å². The van der Waals surface area contributed by atoms with E-state index in [-0.39, 0.29) is 6.04 Å². The van der Waals surface area contributed by atoms with Crippen LogP contribution in [0.2, 0.25) is 0 Å². The van der Waals surface area contributed by atoms with E-state index < -0.39 is 0 Å². The molecule has 1 atom stereocenters. The predicted octanol–water partition coefficient (Wildman–Crippen LogP) is 2.34. The van der Waals surface area contributed by atoms with E-state index in [9.17, 15) is 0 Å². The van der Waals surface area contributed by atoms with Crippen LogP contribution in [0, 0.1) is 0 Å². The number of nitrogens with two attached hydrogens (primary N) is 1. The van der Waals surface area contributed by atoms with E-state index in [2.05, 4.69) is 40.7 Å². The Kier molecular flexibility index (Phi) is 6.44. The van der Waals surface area contributed by atoms with Crippen molar-refractivity contribution in [1.82, 2.24) is 19.7 Å². The Morgan fingerprint density at radius 1 is 1.26 bits per heavy atom. The molecule has 126 valence electrons. The Balaban J connectivity index is 2.48. The summed E-state index contributed by atoms with van der Waals surface area (Å²) in [4.78, 5) is 2.17. The number of ether oxygens (including phenoxy) is 1. The Bertz CT molecular complexity index is 611. The van der Waals surface area contributed by atoms with Crippen molar-refractivity contribution < 1.29 is 4.74 Å². The first-order valence-electron chi connectivity index (χ1n) is 7.71. The summed E-state index contributed by atoms with van der Waals surface area (Å²) in [7, 11) is 5.79. The van der Waals surface area contributed by atoms with Gasteiger partial charge in [-0.3, -0.25) is 9.47 Å². The maximum absolute atomic E-state index is 5.64. The Hall–Kier alpha value is -1.57. The molecule has 23 heavy (non-hydrogen) atoms. The molecule has 0 aliphatic rings. The molecule has 1 unspecified atom stereocenters. The number of thioether (sulfide) groups is 1. The number of methoxy groups -OCH3 is 1. The van der Waals surface area contributed by atoms with Gasteiger partial charge in [0.1, 0.15) is 5.75 Å². The second-order valence-electron chi connectivity index (χ2n) is 5.40. The summed E-state index contributed by atoms with van der Waals surface area (Å²) in [6.45, 7) is 2.77. The van der Waals surface area contributed by atoms with E-state index in [0.717, 1.165) is 34.6 Å². The van der Waals surface area contributed by atoms with Crippen LogP contribution in [0.25, 0.3) is 5.69 Å². The Labute approximate surface area is 142 Å². The molecule has 1 heterocycles. The molecular formula is C16H25N5OS. The van der Waals surface area contributed by atoms with Crippen LogP contribution in [-0.2, 0) is 0 Å². The molecule has 0 aliphatic heterocycles. The zero-order chi connectivity index (χ0) is 16.8. The zero-order valence-electron chi connectivity index (χ0n) is 14.2. The highest BCUT2D eigenvalue weighted by Gasteiger charge is 2.22. The molecular weight excluding hydrogens is 310 g/mol. The number of aromatic nitrogens is 3. The molecule has 7 heteroatoms. The third-order valence-electron chi connectivity index (χ3n) is 3.65. The fraction of sp³-hybridized carbons (Fsp3) is 0.500. The summed E-state index contributed by atoms with van der Waals surface area (Å²) >= 11 is 1.63. The molecule has 6 nitrogen and oxygen atoms in total. The van der Waals surface area contributed by atoms with Crippen LogP contribution in [0.3, 0.4) is 0 Å². The van der Waals surface area contributed by atoms with Gasteiger partial charge in [-0.1, -0.05) is 18.7 Å². The van der Waals surface area contributed by atoms with Gasteiger partial charge in [0.15, 0.2) is 11.0 Å². The maximum Gasteiger partial charge on any atom is 0.195 e. The van der Waals surface area contributed by atoms with Crippen LogP contribution in [0.1, 0.15) is 25.2 Å². The van der Waals surface area contributed by atoms with Gasteiger partial charge in [-0.25, -0.2) is 0 Å². The lowest BCUT2D eigenvalue weighted by Crippen LogP contribution is -2.22. The minimum Gasteiger partial charge on any atom is -0.497 e. The first-order chi connectivity index (χ1) is 11.1. The lowest BCUT2D eigenvalue weighted by molar-refractivity contribution is 0.276. The minimum absolute atomic E-state index is 0.205. The molecule has 0 fully saturated rings. The second kappa shape index (κ2) is 8.33. The van der Waals surface area contributed by atoms with E-state index in [4.69, 9.17) is 10.5 Å². The number of benzene rings is 1. The van der Waals surface area contributed by atoms with Gasteiger partial charge in [0.25, 0.3) is 0 Å². The fourth-order valence-corrected chi connectivity index (χ4v) is 3.22. The number of hydrogen-bond donors (Lipinski definition) is 1. The van der Waals surface area contributed by atoms with Crippen molar-refractivity contribution in [3.05, 3.63) is 30.1 Å². The molecule has 0 saturated heterocycles. The van der Waals surface area contributed by atoms with Crippen LogP contribution in [0.15, 0.2) is 29.4 Å². The van der Waals surface area contributed by atoms with Crippen molar-refractivity contribution in [2.75, 3.05) is 33.5 Å². The SMILES string of the molecule is CCC(c1nnc(SCCN)n1-c1ccc(OC)cc1)N(C)C. The Morgan fingerprint density at radius 3 is 2.48 bits per heavy atom. The maximum atomic E-state index is 5.64. The van der Waals surface area contributed by atoms with Crippen molar-refractivity contribution in [3.8, 4) is 11.4 Å². The van der Waals surface area contributed by atoms with Gasteiger partial charge >= 0.3 is 0 Å². The number of hydrogen-bond acceptors (Lipinski definition) is 6. The highest BCUT2D eigenvalue weighted by molar-refractivity contribution is 7.99. The average molecular weight is 335 g/mol. The quantitative estimate of drug-likeness (QED) is 0.747. The van der Waals surface area contributed by atoms with Crippen LogP contribution in [0.5, 0.6) is 5.75 Å². The van der Waals surface area contributed by atoms with E-state index >= 15 is 0 Å². The lowest BCUT2D eigenvalue weighted by Gasteiger charge is -2.23. The van der Waals surface area contributed by atoms with Gasteiger partial charge in [0.05, 0.1) is 13.2 Å². The van der Waals surface area contributed by atoms with E-state index in [1.54, 1.807) is 18.9 Å². The summed E-state index contributed by atoms with van der Waals surface area (Å²) in [5.41, 5.74) is 6.67. The standard InChI is InChI=1S/C16H25N5OS/c1-5-14(20(2)3)15-18-19-16(23-11-10-17)21(15)12-6-8-13(22-4)9-7-12/h6-9,14H,5,10-11,17H2,1-4H3. The van der Waals surface area contributed by atoms with Crippen LogP contribution in [0.4, 0.5) is 0 Å². The first-order valence-corrected chi connectivity index (χ1v) is 8.70. The van der Waals surface area contributed by atoms with E-state index in [1.807, 2.05) is 24.3 Å². The van der Waals surface area contributed by atoms with Gasteiger partial charge in [-0.15, -0.1) is 10.2 Å². The first kappa shape index (κ1) is 17.8. The largest absolute Gasteiger partial charge is 0.497 e. The van der Waals surface area contributed by atoms with E-state index in [0.29, 0.717) is 6.54 Å². The molecule has 2 rings (SSSR count). The van der Waals surface area contributed by atoms with Gasteiger partial charge in [0, 0.05) is 18.0 Å². The summed E-state index contributed by atoms with van der Waals surface area (Å²) in [6, 6.07) is 8.17. The van der Waals surface area contributed by atoms with Crippen molar-refractivity contribution in [2.45, 2.75) is 24.5 Å². The Morgan fingerprint density at radius 2 is 1.96 bits per heavy atom. The highest BCUT2D eigenvalue weighted by Crippen LogP contribution is 2.29. The molecule has 0 radical (unpaired) electrons. The van der Waals surface area contributed by atoms with Crippen molar-refractivity contribution in [2.24, 2.45) is 5.73 Å². The zero-order valence-corrected chi connectivity index (χ0v) is 15.0. The number of nitrogens with zero attached hydrogens (tertiary/aromatic N) is 4. The predicted molar refractivity (Wildman–Crippen MR) is 94.4 cm³/mol. The van der Waals surface area contributed by atoms with Crippen LogP contribution in [-0.4, -0.2) is 53.2 Å². The average Bonchev–Trinajstić information content (AvgIpc) is 2.97. The lowest BCUT2D eigenvalue weighted by atomic mass is 10.2. The van der Waals surface area contributed by atoms with Crippen molar-refractivity contribution >= 4 is 11.8 Å². The van der Waals surface area contributed by atoms with Crippen LogP contribution < -0.4 is 10.5 Å². The summed E-state index contributed by atoms with van der Waals surface area (Å²) < 4.78 is 7.37. The fourth-order valence-electron chi connectivity index (χ4n) is 2.49. The third-order valence-corrected chi connectivity index (χ3v) is 4.61. The van der Waals surface area contributed by atoms with Crippen LogP contribution >= 0.6 is 11.8 Å². The molecule has 0 amide bonds. The molecule has 0 spiro atoms. The smallest absolute Gasteiger partial charge is 0.195 e. The topological polar surface area (TPSA) is 69.2 Å². The highest BCUT2D eigenvalue weighted by atomic mass is 32.2. The number of rotatable bonds is 8. The molecule has 2 aromatic rings. The molecule has 1 aromatic carbocycles. The summed E-state index contributed by atoms with van der Waals surface area (Å²) in [6.07, 6.45) is 0.961. The van der Waals surface area contributed by atoms with Gasteiger partial charge < -0.3 is 10.5 Å². The molecule has 0 saturated carbocycles. The molecule has 2 N–H and O–H groups in total.